The number of carbonyl (C=O) groups excluding carboxylic acids is 1. The highest BCUT2D eigenvalue weighted by molar-refractivity contribution is 7.99. The van der Waals surface area contributed by atoms with Gasteiger partial charge in [-0.05, 0) is 30.7 Å². The van der Waals surface area contributed by atoms with Gasteiger partial charge >= 0.3 is 0 Å². The Morgan fingerprint density at radius 2 is 2.35 bits per heavy atom. The number of hydrogen-bond acceptors (Lipinski definition) is 3. The highest BCUT2D eigenvalue weighted by Crippen LogP contribution is 2.17. The average Bonchev–Trinajstić information content (AvgIpc) is 2.91. The zero-order valence-electron chi connectivity index (χ0n) is 11.5. The summed E-state index contributed by atoms with van der Waals surface area (Å²) in [6.45, 7) is 1.93. The molecule has 1 heterocycles. The monoisotopic (exact) mass is 334 g/mol. The Kier molecular flexibility index (Phi) is 7.74. The maximum atomic E-state index is 12.0. The molecule has 1 aliphatic rings. The van der Waals surface area contributed by atoms with Gasteiger partial charge < -0.3 is 10.2 Å². The highest BCUT2D eigenvalue weighted by Gasteiger charge is 2.22. The third-order valence-electron chi connectivity index (χ3n) is 3.36. The molecule has 112 valence electrons. The van der Waals surface area contributed by atoms with E-state index >= 15 is 0 Å². The van der Waals surface area contributed by atoms with E-state index in [1.807, 2.05) is 36.2 Å². The van der Waals surface area contributed by atoms with Crippen molar-refractivity contribution >= 4 is 41.7 Å². The van der Waals surface area contributed by atoms with Crippen molar-refractivity contribution in [3.63, 3.8) is 0 Å². The minimum absolute atomic E-state index is 0. The molecule has 3 nitrogen and oxygen atoms in total. The van der Waals surface area contributed by atoms with Crippen LogP contribution in [0.25, 0.3) is 0 Å². The second-order valence-electron chi connectivity index (χ2n) is 4.77. The summed E-state index contributed by atoms with van der Waals surface area (Å²) in [5.41, 5.74) is 1.16. The van der Waals surface area contributed by atoms with E-state index in [4.69, 9.17) is 11.6 Å². The van der Waals surface area contributed by atoms with E-state index in [0.29, 0.717) is 11.8 Å². The van der Waals surface area contributed by atoms with Crippen LogP contribution in [0, 0.1) is 0 Å². The Morgan fingerprint density at radius 3 is 3.00 bits per heavy atom. The van der Waals surface area contributed by atoms with Gasteiger partial charge in [0.2, 0.25) is 5.91 Å². The number of carbonyl (C=O) groups is 1. The number of hydrogen-bond donors (Lipinski definition) is 1. The lowest BCUT2D eigenvalue weighted by atomic mass is 10.2. The molecule has 1 unspecified atom stereocenters. The third-order valence-corrected chi connectivity index (χ3v) is 4.58. The summed E-state index contributed by atoms with van der Waals surface area (Å²) >= 11 is 7.57. The predicted octanol–water partition coefficient (Wildman–Crippen LogP) is 2.82. The van der Waals surface area contributed by atoms with Crippen molar-refractivity contribution < 1.29 is 4.79 Å². The predicted molar refractivity (Wildman–Crippen MR) is 88.9 cm³/mol. The molecule has 1 atom stereocenters. The molecule has 0 aromatic heterocycles. The fourth-order valence-corrected chi connectivity index (χ4v) is 3.27. The molecule has 1 aliphatic heterocycles. The molecule has 20 heavy (non-hydrogen) atoms. The third kappa shape index (κ3) is 5.17. The largest absolute Gasteiger partial charge is 0.341 e. The SMILES string of the molecule is CN(C(=O)CSCc1cccc(Cl)c1)C1CCNC1.Cl. The first kappa shape index (κ1) is 17.6. The Labute approximate surface area is 135 Å². The summed E-state index contributed by atoms with van der Waals surface area (Å²) < 4.78 is 0. The molecule has 0 spiro atoms. The van der Waals surface area contributed by atoms with Gasteiger partial charge in [0.25, 0.3) is 0 Å². The molecule has 0 bridgehead atoms. The van der Waals surface area contributed by atoms with Gasteiger partial charge in [0.1, 0.15) is 0 Å². The van der Waals surface area contributed by atoms with Crippen LogP contribution in [0.5, 0.6) is 0 Å². The minimum atomic E-state index is 0. The maximum Gasteiger partial charge on any atom is 0.232 e. The van der Waals surface area contributed by atoms with Gasteiger partial charge in [-0.1, -0.05) is 23.7 Å². The molecule has 1 saturated heterocycles. The van der Waals surface area contributed by atoms with Crippen molar-refractivity contribution in [1.29, 1.82) is 0 Å². The van der Waals surface area contributed by atoms with E-state index in [1.54, 1.807) is 11.8 Å². The molecule has 2 rings (SSSR count). The molecule has 0 radical (unpaired) electrons. The lowest BCUT2D eigenvalue weighted by molar-refractivity contribution is -0.128. The van der Waals surface area contributed by atoms with Crippen LogP contribution in [0.1, 0.15) is 12.0 Å². The van der Waals surface area contributed by atoms with Gasteiger partial charge in [-0.3, -0.25) is 4.79 Å². The molecule has 1 aromatic rings. The first-order chi connectivity index (χ1) is 9.16. The smallest absolute Gasteiger partial charge is 0.232 e. The van der Waals surface area contributed by atoms with Crippen LogP contribution in [-0.4, -0.2) is 42.7 Å². The van der Waals surface area contributed by atoms with Crippen molar-refractivity contribution in [2.75, 3.05) is 25.9 Å². The van der Waals surface area contributed by atoms with Crippen LogP contribution >= 0.6 is 35.8 Å². The summed E-state index contributed by atoms with van der Waals surface area (Å²) in [4.78, 5) is 13.9. The summed E-state index contributed by atoms with van der Waals surface area (Å²) in [7, 11) is 1.90. The van der Waals surface area contributed by atoms with Gasteiger partial charge in [0.05, 0.1) is 5.75 Å². The van der Waals surface area contributed by atoms with E-state index in [1.165, 1.54) is 0 Å². The number of likely N-dealkylation sites (N-methyl/N-ethyl adjacent to an activating group) is 1. The normalized spacial score (nSPS) is 17.6. The molecule has 0 saturated carbocycles. The highest BCUT2D eigenvalue weighted by atomic mass is 35.5. The van der Waals surface area contributed by atoms with Gasteiger partial charge in [0.15, 0.2) is 0 Å². The molecule has 6 heteroatoms. The summed E-state index contributed by atoms with van der Waals surface area (Å²) in [5.74, 6) is 1.56. The number of thioether (sulfide) groups is 1. The molecule has 0 aliphatic carbocycles. The van der Waals surface area contributed by atoms with E-state index in [-0.39, 0.29) is 18.3 Å². The van der Waals surface area contributed by atoms with E-state index < -0.39 is 0 Å². The quantitative estimate of drug-likeness (QED) is 0.898. The lowest BCUT2D eigenvalue weighted by Gasteiger charge is -2.23. The van der Waals surface area contributed by atoms with Crippen molar-refractivity contribution in [3.05, 3.63) is 34.9 Å². The Morgan fingerprint density at radius 1 is 1.55 bits per heavy atom. The lowest BCUT2D eigenvalue weighted by Crippen LogP contribution is -2.39. The van der Waals surface area contributed by atoms with Gasteiger partial charge in [-0.15, -0.1) is 24.2 Å². The van der Waals surface area contributed by atoms with Crippen LogP contribution in [0.4, 0.5) is 0 Å². The zero-order valence-corrected chi connectivity index (χ0v) is 13.9. The number of amides is 1. The van der Waals surface area contributed by atoms with Crippen LogP contribution < -0.4 is 5.32 Å². The number of rotatable bonds is 5. The molecular weight excluding hydrogens is 315 g/mol. The van der Waals surface area contributed by atoms with Crippen LogP contribution in [-0.2, 0) is 10.5 Å². The summed E-state index contributed by atoms with van der Waals surface area (Å²) in [6, 6.07) is 8.15. The zero-order chi connectivity index (χ0) is 13.7. The summed E-state index contributed by atoms with van der Waals surface area (Å²) in [5, 5.41) is 4.03. The van der Waals surface area contributed by atoms with Crippen LogP contribution in [0.3, 0.4) is 0 Å². The first-order valence-electron chi connectivity index (χ1n) is 6.45. The molecular formula is C14H20Cl2N2OS. The van der Waals surface area contributed by atoms with Crippen molar-refractivity contribution in [3.8, 4) is 0 Å². The minimum Gasteiger partial charge on any atom is -0.341 e. The molecule has 1 amide bonds. The van der Waals surface area contributed by atoms with Crippen molar-refractivity contribution in [1.82, 2.24) is 10.2 Å². The Balaban J connectivity index is 0.00000200. The Hall–Kier alpha value is -0.420. The number of benzene rings is 1. The topological polar surface area (TPSA) is 32.3 Å². The summed E-state index contributed by atoms with van der Waals surface area (Å²) in [6.07, 6.45) is 1.06. The number of nitrogens with zero attached hydrogens (tertiary/aromatic N) is 1. The molecule has 1 aromatic carbocycles. The van der Waals surface area contributed by atoms with Gasteiger partial charge in [-0.25, -0.2) is 0 Å². The maximum absolute atomic E-state index is 12.0. The standard InChI is InChI=1S/C14H19ClN2OS.ClH/c1-17(13-5-6-16-8-13)14(18)10-19-9-11-3-2-4-12(15)7-11;/h2-4,7,13,16H,5-6,8-10H2,1H3;1H. The van der Waals surface area contributed by atoms with Crippen LogP contribution in [0.15, 0.2) is 24.3 Å². The van der Waals surface area contributed by atoms with E-state index in [0.717, 1.165) is 35.8 Å². The van der Waals surface area contributed by atoms with Crippen molar-refractivity contribution in [2.24, 2.45) is 0 Å². The van der Waals surface area contributed by atoms with Gasteiger partial charge in [0, 0.05) is 30.4 Å². The second kappa shape index (κ2) is 8.78. The number of halogens is 2. The fourth-order valence-electron chi connectivity index (χ4n) is 2.16. The van der Waals surface area contributed by atoms with Crippen molar-refractivity contribution in [2.45, 2.75) is 18.2 Å². The van der Waals surface area contributed by atoms with E-state index in [2.05, 4.69) is 5.32 Å². The molecule has 1 N–H and O–H groups in total. The van der Waals surface area contributed by atoms with Crippen LogP contribution in [0.2, 0.25) is 5.02 Å². The second-order valence-corrected chi connectivity index (χ2v) is 6.20. The first-order valence-corrected chi connectivity index (χ1v) is 7.98. The van der Waals surface area contributed by atoms with E-state index in [9.17, 15) is 4.79 Å². The fraction of sp³-hybridized carbons (Fsp3) is 0.500. The molecule has 1 fully saturated rings. The Bertz CT molecular complexity index is 439. The average molecular weight is 335 g/mol. The number of nitrogens with one attached hydrogen (secondary N) is 1. The van der Waals surface area contributed by atoms with Gasteiger partial charge in [-0.2, -0.15) is 0 Å².